The van der Waals surface area contributed by atoms with Gasteiger partial charge in [0, 0.05) is 62.3 Å². The average Bonchev–Trinajstić information content (AvgIpc) is 3.67. The van der Waals surface area contributed by atoms with Gasteiger partial charge in [0.25, 0.3) is 5.91 Å². The van der Waals surface area contributed by atoms with Gasteiger partial charge in [-0.3, -0.25) is 24.4 Å². The number of rotatable bonds is 15. The molecule has 2 aliphatic heterocycles. The fourth-order valence-corrected chi connectivity index (χ4v) is 7.35. The Morgan fingerprint density at radius 2 is 1.62 bits per heavy atom. The van der Waals surface area contributed by atoms with Crippen LogP contribution in [0.4, 0.5) is 15.3 Å². The molecule has 4 heterocycles. The Morgan fingerprint density at radius 3 is 2.36 bits per heavy atom. The van der Waals surface area contributed by atoms with Crippen LogP contribution < -0.4 is 21.3 Å². The maximum absolute atomic E-state index is 14.0. The molecular weight excluding hydrogens is 775 g/mol. The van der Waals surface area contributed by atoms with Crippen molar-refractivity contribution in [1.29, 1.82) is 0 Å². The van der Waals surface area contributed by atoms with E-state index in [4.69, 9.17) is 9.84 Å². The van der Waals surface area contributed by atoms with Crippen LogP contribution in [0, 0.1) is 5.92 Å². The molecule has 61 heavy (non-hydrogen) atoms. The number of nitrogens with one attached hydrogen (secondary N) is 4. The van der Waals surface area contributed by atoms with Gasteiger partial charge in [0.05, 0.1) is 17.1 Å². The number of hydrogen-bond donors (Lipinski definition) is 4. The van der Waals surface area contributed by atoms with Gasteiger partial charge in [0.15, 0.2) is 0 Å². The van der Waals surface area contributed by atoms with E-state index >= 15 is 0 Å². The fraction of sp³-hybridized carbons (Fsp3) is 0.435. The Labute approximate surface area is 357 Å². The Kier molecular flexibility index (Phi) is 14.3. The first kappa shape index (κ1) is 44.2. The van der Waals surface area contributed by atoms with Gasteiger partial charge < -0.3 is 30.9 Å². The zero-order chi connectivity index (χ0) is 43.7. The number of unbranched alkanes of at least 4 members (excludes halogenated alkanes) is 3. The van der Waals surface area contributed by atoms with Gasteiger partial charge in [-0.15, -0.1) is 0 Å². The Balaban J connectivity index is 1.01. The van der Waals surface area contributed by atoms with Crippen molar-refractivity contribution in [2.75, 3.05) is 18.4 Å². The number of alkyl carbamates (subject to hydrolysis) is 1. The number of carbonyl (C=O) groups excluding carboxylic acids is 5. The number of hydrogen-bond acceptors (Lipinski definition) is 9. The second kappa shape index (κ2) is 19.8. The zero-order valence-corrected chi connectivity index (χ0v) is 35.9. The number of benzene rings is 2. The molecule has 2 aliphatic rings. The van der Waals surface area contributed by atoms with Crippen molar-refractivity contribution in [3.63, 3.8) is 0 Å². The third-order valence-corrected chi connectivity index (χ3v) is 10.7. The molecule has 4 N–H and O–H groups in total. The van der Waals surface area contributed by atoms with Crippen molar-refractivity contribution in [3.8, 4) is 0 Å². The second-order valence-corrected chi connectivity index (χ2v) is 17.0. The number of carbonyl (C=O) groups is 5. The van der Waals surface area contributed by atoms with E-state index in [2.05, 4.69) is 31.2 Å². The normalized spacial score (nSPS) is 16.1. The number of pyridine rings is 2. The highest BCUT2D eigenvalue weighted by atomic mass is 16.6. The van der Waals surface area contributed by atoms with Gasteiger partial charge in [-0.05, 0) is 99.0 Å². The number of anilines is 1. The standard InChI is InChI=1S/C46H57N9O6/c1-29(2)40(52-45(60)61-46(4,5)6)42(57)50-30(3)41(56)49-20-9-7-8-10-23-55-43(58)37(33-14-13-31-12-11-21-48-38(31)24-33)25-39(53-55)32-15-17-36(18-16-32)51-44(59)54-27-34-19-22-47-26-35(34)28-54/h11-19,21-22,24,26,29-30,37,40H,7-10,20,23,25,27-28H2,1-6H3,(H,49,56)(H,50,57)(H,51,59)(H,52,60)/t30-,37?,40?/m0/s1. The smallest absolute Gasteiger partial charge is 0.408 e. The van der Waals surface area contributed by atoms with Crippen LogP contribution in [0.1, 0.15) is 102 Å². The molecule has 0 fully saturated rings. The van der Waals surface area contributed by atoms with Crippen molar-refractivity contribution >= 4 is 52.1 Å². The number of amides is 6. The maximum atomic E-state index is 14.0. The van der Waals surface area contributed by atoms with Crippen LogP contribution in [0.2, 0.25) is 0 Å². The first-order valence-electron chi connectivity index (χ1n) is 21.0. The molecule has 0 spiro atoms. The van der Waals surface area contributed by atoms with Crippen molar-refractivity contribution in [1.82, 2.24) is 35.8 Å². The van der Waals surface area contributed by atoms with E-state index in [1.54, 1.807) is 70.0 Å². The first-order chi connectivity index (χ1) is 29.1. The predicted octanol–water partition coefficient (Wildman–Crippen LogP) is 6.63. The summed E-state index contributed by atoms with van der Waals surface area (Å²) in [5.41, 5.74) is 5.42. The summed E-state index contributed by atoms with van der Waals surface area (Å²) in [6.45, 7) is 12.3. The number of ether oxygens (including phenoxy) is 1. The number of hydrazone groups is 1. The molecule has 2 unspecified atom stereocenters. The third-order valence-electron chi connectivity index (χ3n) is 10.7. The van der Waals surface area contributed by atoms with Gasteiger partial charge in [-0.1, -0.05) is 57.0 Å². The largest absolute Gasteiger partial charge is 0.444 e. The molecule has 0 aliphatic carbocycles. The lowest BCUT2D eigenvalue weighted by Crippen LogP contribution is -2.55. The Bertz CT molecular complexity index is 2230. The second-order valence-electron chi connectivity index (χ2n) is 17.0. The first-order valence-corrected chi connectivity index (χ1v) is 21.0. The van der Waals surface area contributed by atoms with Crippen molar-refractivity contribution in [2.24, 2.45) is 11.0 Å². The van der Waals surface area contributed by atoms with Crippen LogP contribution in [-0.2, 0) is 32.2 Å². The van der Waals surface area contributed by atoms with E-state index in [0.29, 0.717) is 51.1 Å². The van der Waals surface area contributed by atoms with Gasteiger partial charge >= 0.3 is 12.1 Å². The molecule has 0 saturated carbocycles. The van der Waals surface area contributed by atoms with E-state index in [9.17, 15) is 24.0 Å². The Hall–Kier alpha value is -6.38. The summed E-state index contributed by atoms with van der Waals surface area (Å²) < 4.78 is 5.30. The minimum Gasteiger partial charge on any atom is -0.444 e. The molecule has 0 saturated heterocycles. The highest BCUT2D eigenvalue weighted by Gasteiger charge is 2.33. The third kappa shape index (κ3) is 11.9. The summed E-state index contributed by atoms with van der Waals surface area (Å²) in [7, 11) is 0. The molecule has 0 radical (unpaired) electrons. The molecule has 322 valence electrons. The monoisotopic (exact) mass is 831 g/mol. The minimum atomic E-state index is -0.866. The fourth-order valence-electron chi connectivity index (χ4n) is 7.35. The summed E-state index contributed by atoms with van der Waals surface area (Å²) in [5, 5.41) is 18.6. The summed E-state index contributed by atoms with van der Waals surface area (Å²) in [6, 6.07) is 17.5. The van der Waals surface area contributed by atoms with Crippen LogP contribution in [0.15, 0.2) is 84.4 Å². The molecule has 6 amide bonds. The SMILES string of the molecule is CC(C)C(NC(=O)OC(C)(C)C)C(=O)N[C@@H](C)C(=O)NCCCCCCN1N=C(c2ccc(NC(=O)N3Cc4ccncc4C3)cc2)CC(c2ccc3cccnc3c2)C1=O. The van der Waals surface area contributed by atoms with Crippen LogP contribution in [0.5, 0.6) is 0 Å². The lowest BCUT2D eigenvalue weighted by Gasteiger charge is -2.30. The van der Waals surface area contributed by atoms with Crippen LogP contribution >= 0.6 is 0 Å². The minimum absolute atomic E-state index is 0.0750. The molecule has 15 heteroatoms. The van der Waals surface area contributed by atoms with E-state index in [0.717, 1.165) is 51.7 Å². The van der Waals surface area contributed by atoms with E-state index < -0.39 is 35.6 Å². The van der Waals surface area contributed by atoms with Crippen molar-refractivity contribution in [3.05, 3.63) is 102 Å². The van der Waals surface area contributed by atoms with Gasteiger partial charge in [0.1, 0.15) is 17.7 Å². The predicted molar refractivity (Wildman–Crippen MR) is 233 cm³/mol. The molecule has 6 rings (SSSR count). The molecule has 3 atom stereocenters. The molecule has 15 nitrogen and oxygen atoms in total. The van der Waals surface area contributed by atoms with Gasteiger partial charge in [-0.25, -0.2) is 14.6 Å². The van der Waals surface area contributed by atoms with Crippen LogP contribution in [-0.4, -0.2) is 86.2 Å². The zero-order valence-electron chi connectivity index (χ0n) is 35.9. The molecule has 2 aromatic carbocycles. The summed E-state index contributed by atoms with van der Waals surface area (Å²) in [5.74, 6) is -1.55. The van der Waals surface area contributed by atoms with Crippen molar-refractivity contribution in [2.45, 2.75) is 110 Å². The molecule has 2 aromatic heterocycles. The lowest BCUT2D eigenvalue weighted by molar-refractivity contribution is -0.133. The van der Waals surface area contributed by atoms with Gasteiger partial charge in [0.2, 0.25) is 11.8 Å². The topological polar surface area (TPSA) is 187 Å². The highest BCUT2D eigenvalue weighted by molar-refractivity contribution is 6.06. The lowest BCUT2D eigenvalue weighted by atomic mass is 9.88. The average molecular weight is 832 g/mol. The Morgan fingerprint density at radius 1 is 0.869 bits per heavy atom. The van der Waals surface area contributed by atoms with Crippen molar-refractivity contribution < 1.29 is 28.7 Å². The quantitative estimate of drug-likeness (QED) is 0.0962. The number of urea groups is 1. The summed E-state index contributed by atoms with van der Waals surface area (Å²) in [4.78, 5) is 75.6. The summed E-state index contributed by atoms with van der Waals surface area (Å²) >= 11 is 0. The highest BCUT2D eigenvalue weighted by Crippen LogP contribution is 2.32. The number of fused-ring (bicyclic) bond motifs is 2. The molecular formula is C46H57N9O6. The number of nitrogens with zero attached hydrogens (tertiary/aromatic N) is 5. The summed E-state index contributed by atoms with van der Waals surface area (Å²) in [6.07, 6.45) is 8.02. The number of aromatic nitrogens is 2. The van der Waals surface area contributed by atoms with E-state index in [-0.39, 0.29) is 23.8 Å². The molecule has 0 bridgehead atoms. The van der Waals surface area contributed by atoms with E-state index in [1.807, 2.05) is 60.7 Å². The molecule has 4 aromatic rings. The van der Waals surface area contributed by atoms with E-state index in [1.165, 1.54) is 0 Å². The maximum Gasteiger partial charge on any atom is 0.408 e. The van der Waals surface area contributed by atoms with Crippen LogP contribution in [0.3, 0.4) is 0 Å². The van der Waals surface area contributed by atoms with Crippen LogP contribution in [0.25, 0.3) is 10.9 Å². The van der Waals surface area contributed by atoms with Gasteiger partial charge in [-0.2, -0.15) is 5.10 Å².